The van der Waals surface area contributed by atoms with Gasteiger partial charge in [0.15, 0.2) is 0 Å². The van der Waals surface area contributed by atoms with E-state index in [4.69, 9.17) is 4.74 Å². The number of ether oxygens (including phenoxy) is 1. The first kappa shape index (κ1) is 16.0. The summed E-state index contributed by atoms with van der Waals surface area (Å²) in [4.78, 5) is 0. The summed E-state index contributed by atoms with van der Waals surface area (Å²) in [6.07, 6.45) is 9.73. The lowest BCUT2D eigenvalue weighted by Crippen LogP contribution is -2.36. The fraction of sp³-hybridized carbons (Fsp3) is 1.00. The van der Waals surface area contributed by atoms with Crippen LogP contribution in [-0.2, 0) is 4.74 Å². The normalized spacial score (nSPS) is 25.3. The molecule has 0 spiro atoms. The maximum Gasteiger partial charge on any atom is 0.0600 e. The molecule has 0 aromatic rings. The van der Waals surface area contributed by atoms with Crippen LogP contribution in [0.3, 0.4) is 0 Å². The van der Waals surface area contributed by atoms with Gasteiger partial charge < -0.3 is 10.1 Å². The molecule has 1 fully saturated rings. The van der Waals surface area contributed by atoms with Gasteiger partial charge in [0.05, 0.1) is 6.10 Å². The summed E-state index contributed by atoms with van der Waals surface area (Å²) in [5.41, 5.74) is 0.258. The van der Waals surface area contributed by atoms with Crippen LogP contribution in [0.4, 0.5) is 0 Å². The number of nitrogens with one attached hydrogen (secondary N) is 1. The quantitative estimate of drug-likeness (QED) is 0.690. The molecule has 2 heteroatoms. The Kier molecular flexibility index (Phi) is 7.25. The van der Waals surface area contributed by atoms with Gasteiger partial charge in [-0.2, -0.15) is 0 Å². The molecule has 0 heterocycles. The lowest BCUT2D eigenvalue weighted by atomic mass is 9.88. The van der Waals surface area contributed by atoms with Gasteiger partial charge in [-0.15, -0.1) is 0 Å². The monoisotopic (exact) mass is 255 g/mol. The van der Waals surface area contributed by atoms with Crippen LogP contribution in [-0.4, -0.2) is 24.8 Å². The fourth-order valence-electron chi connectivity index (χ4n) is 2.63. The van der Waals surface area contributed by atoms with Gasteiger partial charge in [0.25, 0.3) is 0 Å². The standard InChI is InChI=1S/C16H33NO/c1-14-10-6-7-11-15(14)18-13-9-5-8-12-17-16(2,3)4/h14-15,17H,5-13H2,1-4H3. The van der Waals surface area contributed by atoms with Crippen molar-refractivity contribution in [2.75, 3.05) is 13.2 Å². The zero-order valence-corrected chi connectivity index (χ0v) is 12.9. The second kappa shape index (κ2) is 8.16. The minimum absolute atomic E-state index is 0.258. The van der Waals surface area contributed by atoms with E-state index in [0.717, 1.165) is 19.1 Å². The maximum absolute atomic E-state index is 6.02. The topological polar surface area (TPSA) is 21.3 Å². The largest absolute Gasteiger partial charge is 0.378 e. The molecule has 0 aliphatic heterocycles. The second-order valence-corrected chi connectivity index (χ2v) is 6.91. The van der Waals surface area contributed by atoms with E-state index in [-0.39, 0.29) is 5.54 Å². The lowest BCUT2D eigenvalue weighted by molar-refractivity contribution is -0.00653. The van der Waals surface area contributed by atoms with E-state index in [1.54, 1.807) is 0 Å². The van der Waals surface area contributed by atoms with Crippen molar-refractivity contribution in [3.05, 3.63) is 0 Å². The summed E-state index contributed by atoms with van der Waals surface area (Å²) in [6, 6.07) is 0. The molecule has 2 atom stereocenters. The summed E-state index contributed by atoms with van der Waals surface area (Å²) in [5, 5.41) is 3.53. The van der Waals surface area contributed by atoms with Gasteiger partial charge in [-0.05, 0) is 65.3 Å². The van der Waals surface area contributed by atoms with Gasteiger partial charge in [0.1, 0.15) is 0 Å². The van der Waals surface area contributed by atoms with E-state index in [1.165, 1.54) is 44.9 Å². The molecular formula is C16H33NO. The molecule has 1 aliphatic rings. The highest BCUT2D eigenvalue weighted by Crippen LogP contribution is 2.26. The molecule has 1 N–H and O–H groups in total. The summed E-state index contributed by atoms with van der Waals surface area (Å²) < 4.78 is 6.02. The molecule has 2 unspecified atom stereocenters. The van der Waals surface area contributed by atoms with Gasteiger partial charge >= 0.3 is 0 Å². The third-order valence-electron chi connectivity index (χ3n) is 3.84. The Morgan fingerprint density at radius 3 is 2.44 bits per heavy atom. The third kappa shape index (κ3) is 7.38. The molecular weight excluding hydrogens is 222 g/mol. The van der Waals surface area contributed by atoms with Crippen LogP contribution >= 0.6 is 0 Å². The molecule has 0 aromatic carbocycles. The van der Waals surface area contributed by atoms with Crippen LogP contribution in [0, 0.1) is 5.92 Å². The van der Waals surface area contributed by atoms with E-state index < -0.39 is 0 Å². The molecule has 0 bridgehead atoms. The predicted molar refractivity (Wildman–Crippen MR) is 79.0 cm³/mol. The Bertz CT molecular complexity index is 210. The zero-order valence-electron chi connectivity index (χ0n) is 12.9. The molecule has 2 nitrogen and oxygen atoms in total. The van der Waals surface area contributed by atoms with Crippen molar-refractivity contribution in [3.63, 3.8) is 0 Å². The Hall–Kier alpha value is -0.0800. The number of rotatable bonds is 7. The van der Waals surface area contributed by atoms with Gasteiger partial charge in [0.2, 0.25) is 0 Å². The van der Waals surface area contributed by atoms with Gasteiger partial charge in [0, 0.05) is 12.1 Å². The Labute approximate surface area is 114 Å². The van der Waals surface area contributed by atoms with E-state index in [0.29, 0.717) is 6.10 Å². The van der Waals surface area contributed by atoms with Crippen molar-refractivity contribution in [1.29, 1.82) is 0 Å². The number of hydrogen-bond donors (Lipinski definition) is 1. The van der Waals surface area contributed by atoms with Crippen LogP contribution in [0.5, 0.6) is 0 Å². The van der Waals surface area contributed by atoms with Crippen LogP contribution in [0.2, 0.25) is 0 Å². The first-order valence-corrected chi connectivity index (χ1v) is 7.86. The van der Waals surface area contributed by atoms with Crippen LogP contribution in [0.25, 0.3) is 0 Å². The van der Waals surface area contributed by atoms with E-state index in [9.17, 15) is 0 Å². The minimum atomic E-state index is 0.258. The van der Waals surface area contributed by atoms with Crippen molar-refractivity contribution in [3.8, 4) is 0 Å². The minimum Gasteiger partial charge on any atom is -0.378 e. The molecule has 0 amide bonds. The molecule has 18 heavy (non-hydrogen) atoms. The highest BCUT2D eigenvalue weighted by atomic mass is 16.5. The van der Waals surface area contributed by atoms with Crippen LogP contribution in [0.15, 0.2) is 0 Å². The second-order valence-electron chi connectivity index (χ2n) is 6.91. The van der Waals surface area contributed by atoms with Crippen molar-refractivity contribution in [2.24, 2.45) is 5.92 Å². The predicted octanol–water partition coefficient (Wildman–Crippen LogP) is 4.14. The van der Waals surface area contributed by atoms with Crippen molar-refractivity contribution < 1.29 is 4.74 Å². The molecule has 1 saturated carbocycles. The summed E-state index contributed by atoms with van der Waals surface area (Å²) in [5.74, 6) is 0.779. The maximum atomic E-state index is 6.02. The first-order valence-electron chi connectivity index (χ1n) is 7.86. The van der Waals surface area contributed by atoms with Crippen molar-refractivity contribution in [1.82, 2.24) is 5.32 Å². The Morgan fingerprint density at radius 1 is 1.06 bits per heavy atom. The van der Waals surface area contributed by atoms with E-state index in [2.05, 4.69) is 33.0 Å². The molecule has 108 valence electrons. The third-order valence-corrected chi connectivity index (χ3v) is 3.84. The van der Waals surface area contributed by atoms with Gasteiger partial charge in [-0.1, -0.05) is 19.8 Å². The lowest BCUT2D eigenvalue weighted by Gasteiger charge is -2.28. The highest BCUT2D eigenvalue weighted by Gasteiger charge is 2.21. The van der Waals surface area contributed by atoms with Crippen LogP contribution < -0.4 is 5.32 Å². The SMILES string of the molecule is CC1CCCCC1OCCCCCNC(C)(C)C. The summed E-state index contributed by atoms with van der Waals surface area (Å²) in [7, 11) is 0. The van der Waals surface area contributed by atoms with Crippen LogP contribution in [0.1, 0.15) is 72.6 Å². The average molecular weight is 255 g/mol. The van der Waals surface area contributed by atoms with Gasteiger partial charge in [-0.3, -0.25) is 0 Å². The smallest absolute Gasteiger partial charge is 0.0600 e. The van der Waals surface area contributed by atoms with E-state index >= 15 is 0 Å². The average Bonchev–Trinajstić information content (AvgIpc) is 2.28. The molecule has 1 rings (SSSR count). The highest BCUT2D eigenvalue weighted by molar-refractivity contribution is 4.72. The first-order chi connectivity index (χ1) is 8.49. The summed E-state index contributed by atoms with van der Waals surface area (Å²) >= 11 is 0. The zero-order chi connectivity index (χ0) is 13.4. The molecule has 0 saturated heterocycles. The van der Waals surface area contributed by atoms with E-state index in [1.807, 2.05) is 0 Å². The van der Waals surface area contributed by atoms with Crippen molar-refractivity contribution >= 4 is 0 Å². The molecule has 0 aromatic heterocycles. The Morgan fingerprint density at radius 2 is 1.78 bits per heavy atom. The Balaban J connectivity index is 1.92. The van der Waals surface area contributed by atoms with Crippen molar-refractivity contribution in [2.45, 2.75) is 84.3 Å². The molecule has 1 aliphatic carbocycles. The molecule has 0 radical (unpaired) electrons. The number of hydrogen-bond acceptors (Lipinski definition) is 2. The summed E-state index contributed by atoms with van der Waals surface area (Å²) in [6.45, 7) is 11.1. The van der Waals surface area contributed by atoms with Gasteiger partial charge in [-0.25, -0.2) is 0 Å². The number of unbranched alkanes of at least 4 members (excludes halogenated alkanes) is 2. The fourth-order valence-corrected chi connectivity index (χ4v) is 2.63.